The van der Waals surface area contributed by atoms with Crippen LogP contribution in [0.5, 0.6) is 5.75 Å². The van der Waals surface area contributed by atoms with Crippen molar-refractivity contribution < 1.29 is 14.6 Å². The van der Waals surface area contributed by atoms with E-state index in [-0.39, 0.29) is 5.56 Å². The van der Waals surface area contributed by atoms with E-state index >= 15 is 0 Å². The van der Waals surface area contributed by atoms with E-state index in [9.17, 15) is 9.59 Å². The zero-order chi connectivity index (χ0) is 21.1. The third-order valence-electron chi connectivity index (χ3n) is 4.41. The number of thiophene rings is 1. The fourth-order valence-electron chi connectivity index (χ4n) is 3.05. The summed E-state index contributed by atoms with van der Waals surface area (Å²) in [5, 5.41) is 13.5. The summed E-state index contributed by atoms with van der Waals surface area (Å²) in [6.45, 7) is 1.58. The number of carboxylic acid groups (broad SMARTS) is 1. The van der Waals surface area contributed by atoms with Crippen molar-refractivity contribution in [2.24, 2.45) is 5.10 Å². The van der Waals surface area contributed by atoms with Gasteiger partial charge in [-0.2, -0.15) is 9.78 Å². The van der Waals surface area contributed by atoms with Crippen LogP contribution in [0.3, 0.4) is 0 Å². The summed E-state index contributed by atoms with van der Waals surface area (Å²) >= 11 is 1.49. The Morgan fingerprint density at radius 3 is 2.63 bits per heavy atom. The van der Waals surface area contributed by atoms with Crippen LogP contribution in [-0.4, -0.2) is 33.6 Å². The van der Waals surface area contributed by atoms with E-state index in [0.717, 1.165) is 21.6 Å². The second-order valence-corrected chi connectivity index (χ2v) is 7.67. The van der Waals surface area contributed by atoms with Crippen molar-refractivity contribution in [3.05, 3.63) is 81.7 Å². The minimum Gasteiger partial charge on any atom is -0.482 e. The molecule has 0 amide bonds. The molecule has 0 aliphatic heterocycles. The van der Waals surface area contributed by atoms with Crippen LogP contribution in [0.25, 0.3) is 21.3 Å². The second-order valence-electron chi connectivity index (χ2n) is 6.47. The van der Waals surface area contributed by atoms with Crippen molar-refractivity contribution in [1.82, 2.24) is 9.66 Å². The SMILES string of the molecule is Cc1sc2ncn(/N=C/c3ccc(OCC(=O)O)cc3)c(=O)c2c1-c1ccccc1. The molecule has 0 saturated carbocycles. The predicted molar refractivity (Wildman–Crippen MR) is 117 cm³/mol. The number of hydrogen-bond donors (Lipinski definition) is 1. The van der Waals surface area contributed by atoms with Gasteiger partial charge in [0.25, 0.3) is 5.56 Å². The van der Waals surface area contributed by atoms with Crippen molar-refractivity contribution in [2.45, 2.75) is 6.92 Å². The van der Waals surface area contributed by atoms with Crippen LogP contribution in [0, 0.1) is 6.92 Å². The molecule has 2 aromatic heterocycles. The van der Waals surface area contributed by atoms with E-state index in [2.05, 4.69) is 10.1 Å². The standard InChI is InChI=1S/C22H17N3O4S/c1-14-19(16-5-3-2-4-6-16)20-21(30-14)23-13-25(22(20)28)24-11-15-7-9-17(10-8-15)29-12-18(26)27/h2-11,13H,12H2,1H3,(H,26,27)/b24-11+. The van der Waals surface area contributed by atoms with E-state index in [1.165, 1.54) is 28.6 Å². The average Bonchev–Trinajstić information content (AvgIpc) is 3.10. The number of carbonyl (C=O) groups is 1. The van der Waals surface area contributed by atoms with Gasteiger partial charge in [0.05, 0.1) is 11.6 Å². The van der Waals surface area contributed by atoms with E-state index in [4.69, 9.17) is 9.84 Å². The summed E-state index contributed by atoms with van der Waals surface area (Å²) in [4.78, 5) is 29.8. The number of nitrogens with zero attached hydrogens (tertiary/aromatic N) is 3. The first kappa shape index (κ1) is 19.5. The van der Waals surface area contributed by atoms with E-state index in [1.54, 1.807) is 24.3 Å². The largest absolute Gasteiger partial charge is 0.482 e. The molecule has 30 heavy (non-hydrogen) atoms. The number of aromatic nitrogens is 2. The van der Waals surface area contributed by atoms with Crippen LogP contribution >= 0.6 is 11.3 Å². The van der Waals surface area contributed by atoms with Crippen LogP contribution in [0.15, 0.2) is 70.8 Å². The monoisotopic (exact) mass is 419 g/mol. The van der Waals surface area contributed by atoms with Gasteiger partial charge in [-0.25, -0.2) is 9.78 Å². The maximum atomic E-state index is 13.1. The number of aryl methyl sites for hydroxylation is 1. The van der Waals surface area contributed by atoms with Gasteiger partial charge in [-0.1, -0.05) is 30.3 Å². The third-order valence-corrected chi connectivity index (χ3v) is 5.42. The molecule has 0 aliphatic rings. The van der Waals surface area contributed by atoms with Gasteiger partial charge in [0.15, 0.2) is 6.61 Å². The molecule has 2 heterocycles. The molecule has 0 spiro atoms. The fourth-order valence-corrected chi connectivity index (χ4v) is 4.06. The van der Waals surface area contributed by atoms with Gasteiger partial charge in [0, 0.05) is 10.4 Å². The maximum Gasteiger partial charge on any atom is 0.341 e. The van der Waals surface area contributed by atoms with Crippen molar-refractivity contribution in [3.8, 4) is 16.9 Å². The first-order valence-corrected chi connectivity index (χ1v) is 9.90. The molecule has 0 radical (unpaired) electrons. The highest BCUT2D eigenvalue weighted by Crippen LogP contribution is 2.35. The van der Waals surface area contributed by atoms with Crippen molar-refractivity contribution in [1.29, 1.82) is 0 Å². The summed E-state index contributed by atoms with van der Waals surface area (Å²) in [5.74, 6) is -0.600. The van der Waals surface area contributed by atoms with Gasteiger partial charge < -0.3 is 9.84 Å². The first-order chi connectivity index (χ1) is 14.5. The smallest absolute Gasteiger partial charge is 0.341 e. The number of hydrogen-bond acceptors (Lipinski definition) is 6. The molecule has 1 N–H and O–H groups in total. The highest BCUT2D eigenvalue weighted by Gasteiger charge is 2.16. The maximum absolute atomic E-state index is 13.1. The molecule has 0 bridgehead atoms. The molecule has 2 aromatic carbocycles. The summed E-state index contributed by atoms with van der Waals surface area (Å²) in [5.41, 5.74) is 2.35. The zero-order valence-corrected chi connectivity index (χ0v) is 16.8. The normalized spacial score (nSPS) is 11.2. The molecule has 0 aliphatic carbocycles. The molecule has 0 saturated heterocycles. The fraction of sp³-hybridized carbons (Fsp3) is 0.0909. The van der Waals surface area contributed by atoms with Crippen LogP contribution < -0.4 is 10.3 Å². The lowest BCUT2D eigenvalue weighted by molar-refractivity contribution is -0.139. The molecule has 7 nitrogen and oxygen atoms in total. The minimum absolute atomic E-state index is 0.235. The molecule has 4 rings (SSSR count). The highest BCUT2D eigenvalue weighted by atomic mass is 32.1. The number of benzene rings is 2. The summed E-state index contributed by atoms with van der Waals surface area (Å²) in [6.07, 6.45) is 2.95. The lowest BCUT2D eigenvalue weighted by atomic mass is 10.0. The highest BCUT2D eigenvalue weighted by molar-refractivity contribution is 7.19. The molecule has 0 fully saturated rings. The molecular formula is C22H17N3O4S. The van der Waals surface area contributed by atoms with Crippen LogP contribution in [0.2, 0.25) is 0 Å². The number of ether oxygens (including phenoxy) is 1. The van der Waals surface area contributed by atoms with E-state index in [0.29, 0.717) is 16.0 Å². The molecule has 0 unspecified atom stereocenters. The Hall–Kier alpha value is -3.78. The molecule has 8 heteroatoms. The second kappa shape index (κ2) is 8.30. The summed E-state index contributed by atoms with van der Waals surface area (Å²) in [6, 6.07) is 16.5. The average molecular weight is 419 g/mol. The first-order valence-electron chi connectivity index (χ1n) is 9.08. The number of carboxylic acids is 1. The van der Waals surface area contributed by atoms with Gasteiger partial charge >= 0.3 is 5.97 Å². The lowest BCUT2D eigenvalue weighted by Crippen LogP contribution is -2.16. The lowest BCUT2D eigenvalue weighted by Gasteiger charge is -2.03. The molecular weight excluding hydrogens is 402 g/mol. The van der Waals surface area contributed by atoms with Gasteiger partial charge in [-0.3, -0.25) is 4.79 Å². The Kier molecular flexibility index (Phi) is 5.40. The number of fused-ring (bicyclic) bond motifs is 1. The van der Waals surface area contributed by atoms with E-state index < -0.39 is 12.6 Å². The Labute approximate surface area is 175 Å². The van der Waals surface area contributed by atoms with Gasteiger partial charge in [-0.15, -0.1) is 11.3 Å². The van der Waals surface area contributed by atoms with Crippen LogP contribution in [-0.2, 0) is 4.79 Å². The Balaban J connectivity index is 1.66. The van der Waals surface area contributed by atoms with E-state index in [1.807, 2.05) is 37.3 Å². The summed E-state index contributed by atoms with van der Waals surface area (Å²) < 4.78 is 6.32. The van der Waals surface area contributed by atoms with Gasteiger partial charge in [-0.05, 0) is 42.3 Å². The van der Waals surface area contributed by atoms with Crippen molar-refractivity contribution >= 4 is 33.7 Å². The topological polar surface area (TPSA) is 93.8 Å². The number of rotatable bonds is 6. The van der Waals surface area contributed by atoms with Crippen LogP contribution in [0.4, 0.5) is 0 Å². The number of aliphatic carboxylic acids is 1. The predicted octanol–water partition coefficient (Wildman–Crippen LogP) is 3.78. The van der Waals surface area contributed by atoms with Crippen molar-refractivity contribution in [3.63, 3.8) is 0 Å². The molecule has 4 aromatic rings. The zero-order valence-electron chi connectivity index (χ0n) is 16.0. The Morgan fingerprint density at radius 2 is 1.93 bits per heavy atom. The molecule has 0 atom stereocenters. The Bertz CT molecular complexity index is 1290. The van der Waals surface area contributed by atoms with Gasteiger partial charge in [0.1, 0.15) is 16.9 Å². The van der Waals surface area contributed by atoms with Gasteiger partial charge in [0.2, 0.25) is 0 Å². The minimum atomic E-state index is -1.04. The van der Waals surface area contributed by atoms with Crippen LogP contribution in [0.1, 0.15) is 10.4 Å². The Morgan fingerprint density at radius 1 is 1.20 bits per heavy atom. The summed E-state index contributed by atoms with van der Waals surface area (Å²) in [7, 11) is 0. The molecule has 150 valence electrons. The third kappa shape index (κ3) is 3.99. The quantitative estimate of drug-likeness (QED) is 0.480. The van der Waals surface area contributed by atoms with Crippen molar-refractivity contribution in [2.75, 3.05) is 6.61 Å².